The Morgan fingerprint density at radius 3 is 3.12 bits per heavy atom. The Balaban J connectivity index is 2.13. The topological polar surface area (TPSA) is 42.7 Å². The average Bonchev–Trinajstić information content (AvgIpc) is 2.85. The van der Waals surface area contributed by atoms with Crippen molar-refractivity contribution in [1.82, 2.24) is 20.1 Å². The van der Waals surface area contributed by atoms with Gasteiger partial charge >= 0.3 is 0 Å². The second kappa shape index (κ2) is 3.84. The fraction of sp³-hybridized carbons (Fsp3) is 0.400. The van der Waals surface area contributed by atoms with Gasteiger partial charge in [0.25, 0.3) is 0 Å². The quantitative estimate of drug-likeness (QED) is 0.847. The number of nitrogens with one attached hydrogen (secondary N) is 1. The number of halogens is 1. The lowest BCUT2D eigenvalue weighted by Gasteiger charge is -2.15. The van der Waals surface area contributed by atoms with Crippen LogP contribution in [0.5, 0.6) is 0 Å². The molecular formula is C10H11ClN4S. The molecule has 0 amide bonds. The van der Waals surface area contributed by atoms with Crippen molar-refractivity contribution in [3.63, 3.8) is 0 Å². The minimum Gasteiger partial charge on any atom is -0.308 e. The maximum Gasteiger partial charge on any atom is 0.175 e. The van der Waals surface area contributed by atoms with Crippen molar-refractivity contribution < 1.29 is 0 Å². The van der Waals surface area contributed by atoms with E-state index in [1.54, 1.807) is 11.3 Å². The summed E-state index contributed by atoms with van der Waals surface area (Å²) in [5.41, 5.74) is 1.10. The van der Waals surface area contributed by atoms with Gasteiger partial charge in [-0.25, -0.2) is 0 Å². The standard InChI is InChI=1S/C10H11ClN4S/c1-6-5-16-9(8(6)11)10-14-13-7-4-12-2-3-15(7)10/h5,12H,2-4H2,1H3. The molecule has 0 radical (unpaired) electrons. The van der Waals surface area contributed by atoms with Crippen LogP contribution in [0.15, 0.2) is 5.38 Å². The van der Waals surface area contributed by atoms with Crippen LogP contribution < -0.4 is 5.32 Å². The number of aromatic nitrogens is 3. The molecule has 3 rings (SSSR count). The van der Waals surface area contributed by atoms with E-state index in [2.05, 4.69) is 25.5 Å². The van der Waals surface area contributed by atoms with Crippen LogP contribution in [0.3, 0.4) is 0 Å². The van der Waals surface area contributed by atoms with Gasteiger partial charge in [0.1, 0.15) is 5.82 Å². The van der Waals surface area contributed by atoms with Gasteiger partial charge in [0.05, 0.1) is 16.4 Å². The number of nitrogens with zero attached hydrogens (tertiary/aromatic N) is 3. The van der Waals surface area contributed by atoms with Gasteiger partial charge in [0.15, 0.2) is 5.82 Å². The minimum absolute atomic E-state index is 0.787. The first-order valence-electron chi connectivity index (χ1n) is 5.14. The number of fused-ring (bicyclic) bond motifs is 1. The summed E-state index contributed by atoms with van der Waals surface area (Å²) in [5.74, 6) is 1.89. The summed E-state index contributed by atoms with van der Waals surface area (Å²) in [5, 5.41) is 14.6. The van der Waals surface area contributed by atoms with E-state index in [9.17, 15) is 0 Å². The van der Waals surface area contributed by atoms with Gasteiger partial charge in [0, 0.05) is 13.1 Å². The lowest BCUT2D eigenvalue weighted by molar-refractivity contribution is 0.508. The highest BCUT2D eigenvalue weighted by atomic mass is 35.5. The molecule has 84 valence electrons. The normalized spacial score (nSPS) is 15.1. The van der Waals surface area contributed by atoms with Crippen LogP contribution in [0, 0.1) is 6.92 Å². The van der Waals surface area contributed by atoms with Crippen LogP contribution in [0.1, 0.15) is 11.4 Å². The van der Waals surface area contributed by atoms with E-state index in [4.69, 9.17) is 11.6 Å². The molecule has 6 heteroatoms. The van der Waals surface area contributed by atoms with Gasteiger partial charge in [-0.2, -0.15) is 0 Å². The molecule has 1 aliphatic heterocycles. The molecule has 0 aliphatic carbocycles. The molecule has 0 aromatic carbocycles. The molecular weight excluding hydrogens is 244 g/mol. The molecule has 3 heterocycles. The summed E-state index contributed by atoms with van der Waals surface area (Å²) in [6.45, 7) is 4.66. The molecule has 2 aromatic heterocycles. The van der Waals surface area contributed by atoms with E-state index in [-0.39, 0.29) is 0 Å². The van der Waals surface area contributed by atoms with Gasteiger partial charge < -0.3 is 9.88 Å². The van der Waals surface area contributed by atoms with E-state index >= 15 is 0 Å². The molecule has 0 saturated heterocycles. The summed E-state index contributed by atoms with van der Waals surface area (Å²) >= 11 is 7.89. The van der Waals surface area contributed by atoms with E-state index in [1.807, 2.05) is 6.92 Å². The van der Waals surface area contributed by atoms with Crippen LogP contribution in [0.25, 0.3) is 10.7 Å². The smallest absolute Gasteiger partial charge is 0.175 e. The Morgan fingerprint density at radius 1 is 1.50 bits per heavy atom. The molecule has 2 aromatic rings. The largest absolute Gasteiger partial charge is 0.308 e. The maximum atomic E-state index is 6.26. The predicted molar refractivity (Wildman–Crippen MR) is 64.8 cm³/mol. The number of rotatable bonds is 1. The summed E-state index contributed by atoms with van der Waals surface area (Å²) in [6.07, 6.45) is 0. The summed E-state index contributed by atoms with van der Waals surface area (Å²) in [4.78, 5) is 1.03. The Hall–Kier alpha value is -0.910. The molecule has 16 heavy (non-hydrogen) atoms. The number of thiophene rings is 1. The highest BCUT2D eigenvalue weighted by Gasteiger charge is 2.20. The zero-order chi connectivity index (χ0) is 11.1. The van der Waals surface area contributed by atoms with Crippen molar-refractivity contribution >= 4 is 22.9 Å². The fourth-order valence-corrected chi connectivity index (χ4v) is 3.11. The molecule has 0 spiro atoms. The zero-order valence-electron chi connectivity index (χ0n) is 8.83. The molecule has 1 aliphatic rings. The first kappa shape index (κ1) is 10.3. The molecule has 4 nitrogen and oxygen atoms in total. The predicted octanol–water partition coefficient (Wildman–Crippen LogP) is 2.07. The third-order valence-corrected chi connectivity index (χ3v) is 4.42. The van der Waals surface area contributed by atoms with Crippen molar-refractivity contribution in [1.29, 1.82) is 0 Å². The minimum atomic E-state index is 0.787. The second-order valence-corrected chi connectivity index (χ2v) is 5.09. The van der Waals surface area contributed by atoms with Crippen LogP contribution in [0.2, 0.25) is 5.02 Å². The van der Waals surface area contributed by atoms with E-state index < -0.39 is 0 Å². The summed E-state index contributed by atoms with van der Waals surface area (Å²) in [6, 6.07) is 0. The van der Waals surface area contributed by atoms with E-state index in [1.165, 1.54) is 0 Å². The van der Waals surface area contributed by atoms with Crippen molar-refractivity contribution in [2.24, 2.45) is 0 Å². The van der Waals surface area contributed by atoms with E-state index in [0.29, 0.717) is 0 Å². The van der Waals surface area contributed by atoms with Crippen molar-refractivity contribution in [2.75, 3.05) is 6.54 Å². The van der Waals surface area contributed by atoms with E-state index in [0.717, 1.165) is 46.7 Å². The van der Waals surface area contributed by atoms with Crippen molar-refractivity contribution in [3.8, 4) is 10.7 Å². The Labute approximate surface area is 102 Å². The number of hydrogen-bond donors (Lipinski definition) is 1. The van der Waals surface area contributed by atoms with Gasteiger partial charge in [-0.3, -0.25) is 0 Å². The SMILES string of the molecule is Cc1csc(-c2nnc3n2CCNC3)c1Cl. The molecule has 0 fully saturated rings. The zero-order valence-corrected chi connectivity index (χ0v) is 10.4. The van der Waals surface area contributed by atoms with Gasteiger partial charge in [-0.05, 0) is 17.9 Å². The molecule has 1 N–H and O–H groups in total. The molecule has 0 unspecified atom stereocenters. The van der Waals surface area contributed by atoms with Gasteiger partial charge in [0.2, 0.25) is 0 Å². The van der Waals surface area contributed by atoms with Crippen LogP contribution in [-0.4, -0.2) is 21.3 Å². The number of aryl methyl sites for hydroxylation is 1. The number of hydrogen-bond acceptors (Lipinski definition) is 4. The van der Waals surface area contributed by atoms with Gasteiger partial charge in [-0.15, -0.1) is 21.5 Å². The van der Waals surface area contributed by atoms with Crippen molar-refractivity contribution in [2.45, 2.75) is 20.0 Å². The first-order chi connectivity index (χ1) is 7.77. The Kier molecular flexibility index (Phi) is 2.46. The maximum absolute atomic E-state index is 6.26. The van der Waals surface area contributed by atoms with Crippen LogP contribution in [0.4, 0.5) is 0 Å². The molecule has 0 bridgehead atoms. The van der Waals surface area contributed by atoms with Crippen molar-refractivity contribution in [3.05, 3.63) is 21.8 Å². The summed E-state index contributed by atoms with van der Waals surface area (Å²) < 4.78 is 2.15. The van der Waals surface area contributed by atoms with Gasteiger partial charge in [-0.1, -0.05) is 11.6 Å². The highest BCUT2D eigenvalue weighted by molar-refractivity contribution is 7.14. The fourth-order valence-electron chi connectivity index (χ4n) is 1.84. The summed E-state index contributed by atoms with van der Waals surface area (Å²) in [7, 11) is 0. The Bertz CT molecular complexity index is 531. The third-order valence-electron chi connectivity index (χ3n) is 2.72. The average molecular weight is 255 g/mol. The monoisotopic (exact) mass is 254 g/mol. The highest BCUT2D eigenvalue weighted by Crippen LogP contribution is 2.35. The lowest BCUT2D eigenvalue weighted by atomic mass is 10.3. The second-order valence-electron chi connectivity index (χ2n) is 3.83. The van der Waals surface area contributed by atoms with Crippen LogP contribution >= 0.6 is 22.9 Å². The first-order valence-corrected chi connectivity index (χ1v) is 6.40. The molecule has 0 atom stereocenters. The molecule has 0 saturated carbocycles. The Morgan fingerprint density at radius 2 is 2.38 bits per heavy atom. The lowest BCUT2D eigenvalue weighted by Crippen LogP contribution is -2.28. The third kappa shape index (κ3) is 1.47. The van der Waals surface area contributed by atoms with Crippen LogP contribution in [-0.2, 0) is 13.1 Å².